The highest BCUT2D eigenvalue weighted by Gasteiger charge is 2.07. The third kappa shape index (κ3) is 2.39. The van der Waals surface area contributed by atoms with Crippen LogP contribution in [0.25, 0.3) is 11.3 Å². The van der Waals surface area contributed by atoms with E-state index in [4.69, 9.17) is 11.6 Å². The second kappa shape index (κ2) is 4.47. The molecule has 17 heavy (non-hydrogen) atoms. The molecular weight excluding hydrogens is 242 g/mol. The molecule has 2 aromatic rings. The number of aromatic nitrogens is 2. The van der Waals surface area contributed by atoms with Gasteiger partial charge in [-0.3, -0.25) is 10.1 Å². The van der Waals surface area contributed by atoms with E-state index in [9.17, 15) is 10.1 Å². The van der Waals surface area contributed by atoms with Crippen molar-refractivity contribution in [1.29, 1.82) is 0 Å². The molecule has 0 radical (unpaired) electrons. The standard InChI is InChI=1S/C11H8ClN3O2/c1-7-6-10(13-14-11(7)12)8-2-4-9(5-3-8)15(16)17/h2-6H,1H3. The zero-order chi connectivity index (χ0) is 12.4. The molecule has 0 fully saturated rings. The average molecular weight is 250 g/mol. The van der Waals surface area contributed by atoms with Crippen molar-refractivity contribution in [2.75, 3.05) is 0 Å². The fourth-order valence-corrected chi connectivity index (χ4v) is 1.46. The summed E-state index contributed by atoms with van der Waals surface area (Å²) in [6.45, 7) is 1.83. The van der Waals surface area contributed by atoms with Crippen LogP contribution in [0.1, 0.15) is 5.56 Å². The maximum Gasteiger partial charge on any atom is 0.269 e. The highest BCUT2D eigenvalue weighted by molar-refractivity contribution is 6.30. The summed E-state index contributed by atoms with van der Waals surface area (Å²) in [5.41, 5.74) is 2.27. The minimum atomic E-state index is -0.442. The zero-order valence-electron chi connectivity index (χ0n) is 8.92. The van der Waals surface area contributed by atoms with E-state index in [0.29, 0.717) is 10.8 Å². The Balaban J connectivity index is 2.39. The van der Waals surface area contributed by atoms with Gasteiger partial charge in [0.2, 0.25) is 0 Å². The molecule has 0 aliphatic rings. The monoisotopic (exact) mass is 249 g/mol. The Kier molecular flexibility index (Phi) is 3.01. The van der Waals surface area contributed by atoms with Crippen LogP contribution in [-0.4, -0.2) is 15.1 Å². The van der Waals surface area contributed by atoms with E-state index < -0.39 is 4.92 Å². The van der Waals surface area contributed by atoms with Crippen molar-refractivity contribution < 1.29 is 4.92 Å². The van der Waals surface area contributed by atoms with E-state index in [1.165, 1.54) is 12.1 Å². The number of halogens is 1. The zero-order valence-corrected chi connectivity index (χ0v) is 9.68. The first-order chi connectivity index (χ1) is 8.08. The Morgan fingerprint density at radius 2 is 1.88 bits per heavy atom. The van der Waals surface area contributed by atoms with Gasteiger partial charge in [0, 0.05) is 17.7 Å². The Morgan fingerprint density at radius 1 is 1.24 bits per heavy atom. The van der Waals surface area contributed by atoms with Gasteiger partial charge in [-0.2, -0.15) is 0 Å². The molecule has 0 unspecified atom stereocenters. The van der Waals surface area contributed by atoms with Crippen molar-refractivity contribution in [1.82, 2.24) is 10.2 Å². The van der Waals surface area contributed by atoms with Gasteiger partial charge in [-0.05, 0) is 30.7 Å². The number of hydrogen-bond donors (Lipinski definition) is 0. The number of nitro groups is 1. The molecule has 1 heterocycles. The minimum absolute atomic E-state index is 0.0485. The van der Waals surface area contributed by atoms with Crippen molar-refractivity contribution in [2.24, 2.45) is 0 Å². The quantitative estimate of drug-likeness (QED) is 0.606. The number of non-ortho nitro benzene ring substituents is 1. The highest BCUT2D eigenvalue weighted by Crippen LogP contribution is 2.22. The van der Waals surface area contributed by atoms with Crippen LogP contribution < -0.4 is 0 Å². The number of nitro benzene ring substituents is 1. The SMILES string of the molecule is Cc1cc(-c2ccc([N+](=O)[O-])cc2)nnc1Cl. The molecule has 0 saturated carbocycles. The Labute approximate surface area is 102 Å². The molecule has 1 aromatic carbocycles. The lowest BCUT2D eigenvalue weighted by Crippen LogP contribution is -1.92. The Morgan fingerprint density at radius 3 is 2.41 bits per heavy atom. The molecule has 86 valence electrons. The number of hydrogen-bond acceptors (Lipinski definition) is 4. The van der Waals surface area contributed by atoms with E-state index >= 15 is 0 Å². The van der Waals surface area contributed by atoms with Crippen LogP contribution in [0.3, 0.4) is 0 Å². The van der Waals surface area contributed by atoms with Gasteiger partial charge in [0.1, 0.15) is 0 Å². The first-order valence-electron chi connectivity index (χ1n) is 4.82. The number of rotatable bonds is 2. The smallest absolute Gasteiger partial charge is 0.258 e. The lowest BCUT2D eigenvalue weighted by atomic mass is 10.1. The normalized spacial score (nSPS) is 10.2. The van der Waals surface area contributed by atoms with E-state index in [1.54, 1.807) is 18.2 Å². The highest BCUT2D eigenvalue weighted by atomic mass is 35.5. The molecular formula is C11H8ClN3O2. The lowest BCUT2D eigenvalue weighted by Gasteiger charge is -2.01. The number of nitrogens with zero attached hydrogens (tertiary/aromatic N) is 3. The first-order valence-corrected chi connectivity index (χ1v) is 5.20. The average Bonchev–Trinajstić information content (AvgIpc) is 2.33. The summed E-state index contributed by atoms with van der Waals surface area (Å²) >= 11 is 5.77. The number of aryl methyl sites for hydroxylation is 1. The van der Waals surface area contributed by atoms with Crippen LogP contribution >= 0.6 is 11.6 Å². The van der Waals surface area contributed by atoms with E-state index in [-0.39, 0.29) is 5.69 Å². The second-order valence-corrected chi connectivity index (χ2v) is 3.87. The number of benzene rings is 1. The summed E-state index contributed by atoms with van der Waals surface area (Å²) in [5, 5.41) is 18.6. The molecule has 0 aliphatic carbocycles. The van der Waals surface area contributed by atoms with Crippen LogP contribution in [-0.2, 0) is 0 Å². The summed E-state index contributed by atoms with van der Waals surface area (Å²) in [5.74, 6) is 0. The molecule has 5 nitrogen and oxygen atoms in total. The summed E-state index contributed by atoms with van der Waals surface area (Å²) < 4.78 is 0. The molecule has 1 aromatic heterocycles. The van der Waals surface area contributed by atoms with E-state index in [2.05, 4.69) is 10.2 Å². The summed E-state index contributed by atoms with van der Waals surface area (Å²) in [7, 11) is 0. The van der Waals surface area contributed by atoms with Gasteiger partial charge in [0.25, 0.3) is 5.69 Å². The lowest BCUT2D eigenvalue weighted by molar-refractivity contribution is -0.384. The second-order valence-electron chi connectivity index (χ2n) is 3.51. The molecule has 0 atom stereocenters. The third-order valence-electron chi connectivity index (χ3n) is 2.30. The Bertz CT molecular complexity index is 569. The Hall–Kier alpha value is -2.01. The van der Waals surface area contributed by atoms with Gasteiger partial charge < -0.3 is 0 Å². The molecule has 0 bridgehead atoms. The van der Waals surface area contributed by atoms with Gasteiger partial charge in [-0.15, -0.1) is 10.2 Å². The van der Waals surface area contributed by atoms with Crippen molar-refractivity contribution in [3.8, 4) is 11.3 Å². The predicted octanol–water partition coefficient (Wildman–Crippen LogP) is 3.01. The van der Waals surface area contributed by atoms with Crippen LogP contribution in [0.5, 0.6) is 0 Å². The van der Waals surface area contributed by atoms with Crippen molar-refractivity contribution in [3.05, 3.63) is 51.2 Å². The maximum absolute atomic E-state index is 10.5. The predicted molar refractivity (Wildman–Crippen MR) is 63.9 cm³/mol. The van der Waals surface area contributed by atoms with Crippen LogP contribution in [0.15, 0.2) is 30.3 Å². The fourth-order valence-electron chi connectivity index (χ4n) is 1.37. The van der Waals surface area contributed by atoms with E-state index in [0.717, 1.165) is 11.1 Å². The van der Waals surface area contributed by atoms with Gasteiger partial charge in [-0.1, -0.05) is 11.6 Å². The van der Waals surface area contributed by atoms with Crippen LogP contribution in [0, 0.1) is 17.0 Å². The van der Waals surface area contributed by atoms with Crippen molar-refractivity contribution in [2.45, 2.75) is 6.92 Å². The largest absolute Gasteiger partial charge is 0.269 e. The third-order valence-corrected chi connectivity index (χ3v) is 2.67. The topological polar surface area (TPSA) is 68.9 Å². The molecule has 2 rings (SSSR count). The molecule has 0 amide bonds. The molecule has 0 aliphatic heterocycles. The van der Waals surface area contributed by atoms with Gasteiger partial charge in [0.05, 0.1) is 10.6 Å². The van der Waals surface area contributed by atoms with Gasteiger partial charge >= 0.3 is 0 Å². The van der Waals surface area contributed by atoms with Crippen molar-refractivity contribution >= 4 is 17.3 Å². The van der Waals surface area contributed by atoms with Gasteiger partial charge in [0.15, 0.2) is 5.15 Å². The van der Waals surface area contributed by atoms with Crippen LogP contribution in [0.2, 0.25) is 5.15 Å². The first kappa shape index (κ1) is 11.5. The molecule has 0 N–H and O–H groups in total. The van der Waals surface area contributed by atoms with Crippen LogP contribution in [0.4, 0.5) is 5.69 Å². The fraction of sp³-hybridized carbons (Fsp3) is 0.0909. The van der Waals surface area contributed by atoms with Crippen molar-refractivity contribution in [3.63, 3.8) is 0 Å². The molecule has 6 heteroatoms. The summed E-state index contributed by atoms with van der Waals surface area (Å²) in [6.07, 6.45) is 0. The van der Waals surface area contributed by atoms with Gasteiger partial charge in [-0.25, -0.2) is 0 Å². The maximum atomic E-state index is 10.5. The van der Waals surface area contributed by atoms with E-state index in [1.807, 2.05) is 6.92 Å². The summed E-state index contributed by atoms with van der Waals surface area (Å²) in [4.78, 5) is 10.1. The molecule has 0 saturated heterocycles. The summed E-state index contributed by atoms with van der Waals surface area (Å²) in [6, 6.07) is 7.92. The minimum Gasteiger partial charge on any atom is -0.258 e. The molecule has 0 spiro atoms.